The highest BCUT2D eigenvalue weighted by Crippen LogP contribution is 2.34. The number of aromatic nitrogens is 5. The summed E-state index contributed by atoms with van der Waals surface area (Å²) in [5.41, 5.74) is 1.64. The van der Waals surface area contributed by atoms with Crippen molar-refractivity contribution < 1.29 is 14.4 Å². The predicted octanol–water partition coefficient (Wildman–Crippen LogP) is 2.84. The van der Waals surface area contributed by atoms with Crippen LogP contribution < -0.4 is 10.6 Å². The molecule has 1 atom stereocenters. The average molecular weight is 631 g/mol. The molecule has 3 aliphatic heterocycles. The van der Waals surface area contributed by atoms with Crippen LogP contribution >= 0.6 is 0 Å². The van der Waals surface area contributed by atoms with Gasteiger partial charge in [-0.3, -0.25) is 34.2 Å². The number of carbonyl (C=O) groups is 3. The number of rotatable bonds is 7. The highest BCUT2D eigenvalue weighted by Gasteiger charge is 2.35. The summed E-state index contributed by atoms with van der Waals surface area (Å²) in [4.78, 5) is 53.0. The van der Waals surface area contributed by atoms with Gasteiger partial charge in [0.25, 0.3) is 0 Å². The number of hydrogen-bond acceptors (Lipinski definition) is 9. The lowest BCUT2D eigenvalue weighted by Gasteiger charge is -2.41. The zero-order valence-corrected chi connectivity index (χ0v) is 26.6. The van der Waals surface area contributed by atoms with Crippen LogP contribution in [0.15, 0.2) is 37.2 Å². The zero-order chi connectivity index (χ0) is 31.5. The number of piperazine rings is 1. The second-order valence-corrected chi connectivity index (χ2v) is 13.5. The normalized spacial score (nSPS) is 26.1. The maximum absolute atomic E-state index is 13.2. The third-order valence-electron chi connectivity index (χ3n) is 10.7. The Morgan fingerprint density at radius 2 is 1.61 bits per heavy atom. The number of carbonyl (C=O) groups excluding carboxylic acids is 3. The number of amides is 3. The van der Waals surface area contributed by atoms with Gasteiger partial charge in [-0.25, -0.2) is 9.97 Å². The maximum atomic E-state index is 13.2. The Bertz CT molecular complexity index is 1510. The molecule has 2 N–H and O–H groups in total. The summed E-state index contributed by atoms with van der Waals surface area (Å²) in [6, 6.07) is 0.856. The predicted molar refractivity (Wildman–Crippen MR) is 172 cm³/mol. The van der Waals surface area contributed by atoms with Crippen molar-refractivity contribution >= 4 is 34.9 Å². The Labute approximate surface area is 269 Å². The molecule has 4 aliphatic rings. The van der Waals surface area contributed by atoms with Crippen LogP contribution in [-0.4, -0.2) is 108 Å². The van der Waals surface area contributed by atoms with E-state index in [0.29, 0.717) is 37.2 Å². The van der Waals surface area contributed by atoms with Crippen LogP contribution in [0.3, 0.4) is 0 Å². The van der Waals surface area contributed by atoms with Crippen molar-refractivity contribution in [2.75, 3.05) is 51.1 Å². The Kier molecular flexibility index (Phi) is 9.29. The monoisotopic (exact) mass is 630 g/mol. The van der Waals surface area contributed by atoms with Crippen molar-refractivity contribution in [1.82, 2.24) is 44.2 Å². The largest absolute Gasteiger partial charge is 0.341 e. The van der Waals surface area contributed by atoms with Gasteiger partial charge >= 0.3 is 0 Å². The van der Waals surface area contributed by atoms with Gasteiger partial charge in [0.1, 0.15) is 0 Å². The van der Waals surface area contributed by atoms with Crippen molar-refractivity contribution in [3.05, 3.63) is 37.2 Å². The molecule has 0 aromatic carbocycles. The van der Waals surface area contributed by atoms with Crippen LogP contribution in [0.4, 0.5) is 11.5 Å². The first-order valence-electron chi connectivity index (χ1n) is 17.2. The molecule has 3 aromatic rings. The molecular weight excluding hydrogens is 584 g/mol. The van der Waals surface area contributed by atoms with Crippen LogP contribution in [0.1, 0.15) is 70.3 Å². The average Bonchev–Trinajstić information content (AvgIpc) is 3.73. The van der Waals surface area contributed by atoms with E-state index >= 15 is 0 Å². The van der Waals surface area contributed by atoms with Gasteiger partial charge in [0.2, 0.25) is 17.7 Å². The van der Waals surface area contributed by atoms with Gasteiger partial charge < -0.3 is 14.6 Å². The van der Waals surface area contributed by atoms with Crippen molar-refractivity contribution in [1.29, 1.82) is 0 Å². The third kappa shape index (κ3) is 6.95. The number of imidazole rings is 1. The van der Waals surface area contributed by atoms with E-state index < -0.39 is 0 Å². The lowest BCUT2D eigenvalue weighted by Crippen LogP contribution is -2.53. The molecule has 46 heavy (non-hydrogen) atoms. The summed E-state index contributed by atoms with van der Waals surface area (Å²) in [5.74, 6) is 1.17. The van der Waals surface area contributed by atoms with Gasteiger partial charge in [0.15, 0.2) is 11.5 Å². The van der Waals surface area contributed by atoms with Gasteiger partial charge in [0, 0.05) is 88.6 Å². The molecule has 0 spiro atoms. The molecule has 7 rings (SSSR count). The summed E-state index contributed by atoms with van der Waals surface area (Å²) in [7, 11) is 0. The first-order chi connectivity index (χ1) is 22.5. The van der Waals surface area contributed by atoms with Gasteiger partial charge in [-0.1, -0.05) is 12.8 Å². The van der Waals surface area contributed by atoms with Crippen LogP contribution in [0, 0.1) is 11.8 Å². The lowest BCUT2D eigenvalue weighted by molar-refractivity contribution is -0.138. The highest BCUT2D eigenvalue weighted by molar-refractivity contribution is 5.98. The smallest absolute Gasteiger partial charge is 0.236 e. The molecule has 0 bridgehead atoms. The fourth-order valence-electron chi connectivity index (χ4n) is 8.09. The van der Waals surface area contributed by atoms with Gasteiger partial charge in [0.05, 0.1) is 24.5 Å². The third-order valence-corrected chi connectivity index (χ3v) is 10.7. The number of hydrogen-bond donors (Lipinski definition) is 2. The van der Waals surface area contributed by atoms with E-state index in [0.717, 1.165) is 89.1 Å². The lowest BCUT2D eigenvalue weighted by atomic mass is 9.77. The van der Waals surface area contributed by atoms with Gasteiger partial charge in [-0.05, 0) is 50.9 Å². The minimum absolute atomic E-state index is 0.00868. The van der Waals surface area contributed by atoms with Gasteiger partial charge in [-0.15, -0.1) is 0 Å². The number of nitrogens with zero attached hydrogens (tertiary/aromatic N) is 8. The Morgan fingerprint density at radius 1 is 0.870 bits per heavy atom. The van der Waals surface area contributed by atoms with Crippen LogP contribution in [0.2, 0.25) is 0 Å². The fourth-order valence-corrected chi connectivity index (χ4v) is 8.09. The van der Waals surface area contributed by atoms with Crippen LogP contribution in [0.5, 0.6) is 0 Å². The van der Waals surface area contributed by atoms with Crippen molar-refractivity contribution in [3.8, 4) is 0 Å². The van der Waals surface area contributed by atoms with Crippen molar-refractivity contribution in [2.45, 2.75) is 76.3 Å². The Balaban J connectivity index is 0.821. The molecule has 3 amide bonds. The van der Waals surface area contributed by atoms with Crippen molar-refractivity contribution in [2.24, 2.45) is 11.8 Å². The number of likely N-dealkylation sites (tertiary alicyclic amines) is 1. The summed E-state index contributed by atoms with van der Waals surface area (Å²) in [6.45, 7) is 5.89. The van der Waals surface area contributed by atoms with Crippen LogP contribution in [-0.2, 0) is 14.4 Å². The highest BCUT2D eigenvalue weighted by atomic mass is 16.2. The Morgan fingerprint density at radius 3 is 2.35 bits per heavy atom. The molecule has 1 saturated carbocycles. The van der Waals surface area contributed by atoms with Crippen LogP contribution in [0.25, 0.3) is 5.65 Å². The molecule has 1 unspecified atom stereocenters. The van der Waals surface area contributed by atoms with E-state index in [4.69, 9.17) is 0 Å². The van der Waals surface area contributed by atoms with E-state index in [1.165, 1.54) is 12.8 Å². The minimum atomic E-state index is -0.120. The summed E-state index contributed by atoms with van der Waals surface area (Å²) >= 11 is 0. The Hall–Kier alpha value is -3.84. The quantitative estimate of drug-likeness (QED) is 0.378. The van der Waals surface area contributed by atoms with E-state index in [9.17, 15) is 14.4 Å². The molecule has 13 heteroatoms. The molecule has 6 heterocycles. The molecule has 3 saturated heterocycles. The molecule has 0 radical (unpaired) electrons. The number of nitrogens with one attached hydrogen (secondary N) is 2. The molecule has 1 aliphatic carbocycles. The first-order valence-corrected chi connectivity index (χ1v) is 17.2. The molecular formula is C33H46N10O3. The molecule has 246 valence electrons. The molecule has 13 nitrogen and oxygen atoms in total. The van der Waals surface area contributed by atoms with E-state index in [1.807, 2.05) is 38.8 Å². The first kappa shape index (κ1) is 30.8. The van der Waals surface area contributed by atoms with E-state index in [-0.39, 0.29) is 29.7 Å². The second kappa shape index (κ2) is 13.9. The molecule has 3 aromatic heterocycles. The summed E-state index contributed by atoms with van der Waals surface area (Å²) in [6.07, 6.45) is 20.8. The molecule has 4 fully saturated rings. The summed E-state index contributed by atoms with van der Waals surface area (Å²) < 4.78 is 3.94. The number of anilines is 2. The summed E-state index contributed by atoms with van der Waals surface area (Å²) in [5, 5.41) is 10.5. The minimum Gasteiger partial charge on any atom is -0.341 e. The number of piperidine rings is 2. The maximum Gasteiger partial charge on any atom is 0.236 e. The fraction of sp³-hybridized carbons (Fsp3) is 0.636. The topological polar surface area (TPSA) is 133 Å². The van der Waals surface area contributed by atoms with E-state index in [1.54, 1.807) is 12.4 Å². The number of fused-ring (bicyclic) bond motifs is 1. The standard InChI is InChI=1S/C33H46N10O3/c44-29-8-7-28(33(46)38-29)24-3-1-5-26(6-2-4-24)40-19-17-39(18-20-40)23-30(45)41-13-9-27(10-14-41)43-22-25(21-36-43)37-31-32-35-12-16-42(32)15-11-34-31/h11-12,15-16,21-22,24,26-28H,1-10,13-14,17-20,23H2,(H,34,37)(H,38,44,46). The zero-order valence-electron chi connectivity index (χ0n) is 26.6. The number of imide groups is 1. The van der Waals surface area contributed by atoms with Crippen molar-refractivity contribution in [3.63, 3.8) is 0 Å². The SMILES string of the molecule is O=C1CCC(C2CCCC(N3CCN(CC(=O)N4CCC(n5cc(Nc6nccn7ccnc67)cn5)CC4)CC3)CCC2)C(=O)N1. The van der Waals surface area contributed by atoms with Gasteiger partial charge in [-0.2, -0.15) is 5.10 Å². The second-order valence-electron chi connectivity index (χ2n) is 13.5. The van der Waals surface area contributed by atoms with E-state index in [2.05, 4.69) is 35.5 Å².